The molecule has 1 amide bonds. The first-order chi connectivity index (χ1) is 14.5. The maximum atomic E-state index is 12.4. The van der Waals surface area contributed by atoms with Gasteiger partial charge in [0.15, 0.2) is 0 Å². The Balaban J connectivity index is 1.57. The standard InChI is InChI=1S/C20H16N6O4/c27-18-15(7-12-1-3-13(4-2-12)20(29)30)9-21-17-6-5-14(8-16(17)18)19(28)22-10-26-11-23-24-25-26/h1-6,8-9,11H,7,10H2,(H,21,27)(H,22,28)(H,29,30). The summed E-state index contributed by atoms with van der Waals surface area (Å²) in [6.07, 6.45) is 3.32. The SMILES string of the molecule is O=C(O)c1ccc(Cc2cnc3ccc(C(=O)NCn4cnnn4)cc3c2O)cc1. The number of carbonyl (C=O) groups excluding carboxylic acids is 1. The molecule has 0 unspecified atom stereocenters. The summed E-state index contributed by atoms with van der Waals surface area (Å²) in [5.41, 5.74) is 2.49. The van der Waals surface area contributed by atoms with Gasteiger partial charge in [-0.05, 0) is 46.3 Å². The predicted octanol–water partition coefficient (Wildman–Crippen LogP) is 1.60. The molecular formula is C20H16N6O4. The lowest BCUT2D eigenvalue weighted by Crippen LogP contribution is -2.26. The third-order valence-electron chi connectivity index (χ3n) is 4.57. The lowest BCUT2D eigenvalue weighted by atomic mass is 10.0. The van der Waals surface area contributed by atoms with Crippen molar-refractivity contribution in [3.63, 3.8) is 0 Å². The molecule has 0 spiro atoms. The summed E-state index contributed by atoms with van der Waals surface area (Å²) >= 11 is 0. The second kappa shape index (κ2) is 7.95. The number of amides is 1. The molecule has 150 valence electrons. The summed E-state index contributed by atoms with van der Waals surface area (Å²) in [5.74, 6) is -1.32. The number of benzene rings is 2. The van der Waals surface area contributed by atoms with Gasteiger partial charge in [-0.2, -0.15) is 0 Å². The summed E-state index contributed by atoms with van der Waals surface area (Å²) in [5, 5.41) is 33.5. The Morgan fingerprint density at radius 3 is 2.53 bits per heavy atom. The zero-order valence-electron chi connectivity index (χ0n) is 15.6. The minimum absolute atomic E-state index is 0.0254. The number of hydrogen-bond donors (Lipinski definition) is 3. The second-order valence-corrected chi connectivity index (χ2v) is 6.56. The van der Waals surface area contributed by atoms with E-state index in [1.807, 2.05) is 0 Å². The number of tetrazole rings is 1. The lowest BCUT2D eigenvalue weighted by molar-refractivity contribution is 0.0696. The Bertz CT molecular complexity index is 1220. The first-order valence-corrected chi connectivity index (χ1v) is 8.93. The number of rotatable bonds is 6. The molecule has 0 aliphatic carbocycles. The van der Waals surface area contributed by atoms with Crippen LogP contribution in [0.25, 0.3) is 10.9 Å². The Hall–Kier alpha value is -4.34. The minimum Gasteiger partial charge on any atom is -0.507 e. The minimum atomic E-state index is -0.998. The van der Waals surface area contributed by atoms with Crippen molar-refractivity contribution in [2.24, 2.45) is 0 Å². The van der Waals surface area contributed by atoms with Crippen molar-refractivity contribution in [2.75, 3.05) is 0 Å². The molecule has 0 radical (unpaired) electrons. The van der Waals surface area contributed by atoms with Gasteiger partial charge in [0.1, 0.15) is 18.7 Å². The van der Waals surface area contributed by atoms with Crippen LogP contribution < -0.4 is 5.32 Å². The zero-order chi connectivity index (χ0) is 21.1. The van der Waals surface area contributed by atoms with Crippen LogP contribution in [0.3, 0.4) is 0 Å². The monoisotopic (exact) mass is 404 g/mol. The fourth-order valence-corrected chi connectivity index (χ4v) is 2.98. The molecule has 0 atom stereocenters. The van der Waals surface area contributed by atoms with Crippen molar-refractivity contribution in [3.8, 4) is 5.75 Å². The number of pyridine rings is 1. The smallest absolute Gasteiger partial charge is 0.335 e. The van der Waals surface area contributed by atoms with Crippen molar-refractivity contribution in [1.29, 1.82) is 0 Å². The highest BCUT2D eigenvalue weighted by molar-refractivity contribution is 5.99. The van der Waals surface area contributed by atoms with Gasteiger partial charge in [-0.15, -0.1) is 5.10 Å². The quantitative estimate of drug-likeness (QED) is 0.440. The fraction of sp³-hybridized carbons (Fsp3) is 0.100. The molecule has 10 heteroatoms. The van der Waals surface area contributed by atoms with E-state index >= 15 is 0 Å². The number of nitrogens with one attached hydrogen (secondary N) is 1. The molecule has 0 bridgehead atoms. The molecule has 0 saturated heterocycles. The number of hydrogen-bond acceptors (Lipinski definition) is 7. The molecule has 3 N–H and O–H groups in total. The van der Waals surface area contributed by atoms with Gasteiger partial charge in [-0.3, -0.25) is 9.78 Å². The molecule has 2 aromatic heterocycles. The second-order valence-electron chi connectivity index (χ2n) is 6.56. The third-order valence-corrected chi connectivity index (χ3v) is 4.57. The number of nitrogens with zero attached hydrogens (tertiary/aromatic N) is 5. The average molecular weight is 404 g/mol. The molecular weight excluding hydrogens is 388 g/mol. The summed E-state index contributed by atoms with van der Waals surface area (Å²) in [6, 6.07) is 11.3. The van der Waals surface area contributed by atoms with E-state index in [-0.39, 0.29) is 23.9 Å². The van der Waals surface area contributed by atoms with E-state index in [9.17, 15) is 14.7 Å². The molecule has 30 heavy (non-hydrogen) atoms. The molecule has 2 heterocycles. The molecule has 0 aliphatic rings. The maximum Gasteiger partial charge on any atom is 0.335 e. The average Bonchev–Trinajstić information content (AvgIpc) is 3.28. The molecule has 10 nitrogen and oxygen atoms in total. The van der Waals surface area contributed by atoms with Gasteiger partial charge in [0.25, 0.3) is 5.91 Å². The first kappa shape index (κ1) is 19.0. The van der Waals surface area contributed by atoms with Crippen molar-refractivity contribution in [3.05, 3.63) is 77.2 Å². The molecule has 4 aromatic rings. The number of aromatic nitrogens is 5. The molecule has 0 fully saturated rings. The molecule has 2 aromatic carbocycles. The Kier molecular flexibility index (Phi) is 5.04. The Labute approximate surface area is 169 Å². The largest absolute Gasteiger partial charge is 0.507 e. The van der Waals surface area contributed by atoms with Crippen LogP contribution in [-0.4, -0.2) is 47.3 Å². The summed E-state index contributed by atoms with van der Waals surface area (Å²) < 4.78 is 1.37. The van der Waals surface area contributed by atoms with Crippen molar-refractivity contribution in [1.82, 2.24) is 30.5 Å². The van der Waals surface area contributed by atoms with Crippen LogP contribution in [0.4, 0.5) is 0 Å². The van der Waals surface area contributed by atoms with Crippen molar-refractivity contribution in [2.45, 2.75) is 13.1 Å². The number of carboxylic acids is 1. The summed E-state index contributed by atoms with van der Waals surface area (Å²) in [7, 11) is 0. The van der Waals surface area contributed by atoms with Gasteiger partial charge >= 0.3 is 5.97 Å². The highest BCUT2D eigenvalue weighted by Crippen LogP contribution is 2.29. The van der Waals surface area contributed by atoms with E-state index in [1.165, 1.54) is 23.1 Å². The van der Waals surface area contributed by atoms with E-state index in [0.717, 1.165) is 5.56 Å². The van der Waals surface area contributed by atoms with Gasteiger partial charge < -0.3 is 15.5 Å². The van der Waals surface area contributed by atoms with E-state index in [1.54, 1.807) is 36.5 Å². The number of carboxylic acid groups (broad SMARTS) is 1. The number of aromatic carboxylic acids is 1. The lowest BCUT2D eigenvalue weighted by Gasteiger charge is -2.10. The maximum absolute atomic E-state index is 12.4. The zero-order valence-corrected chi connectivity index (χ0v) is 15.6. The number of fused-ring (bicyclic) bond motifs is 1. The fourth-order valence-electron chi connectivity index (χ4n) is 2.98. The van der Waals surface area contributed by atoms with Crippen molar-refractivity contribution >= 4 is 22.8 Å². The van der Waals surface area contributed by atoms with E-state index in [0.29, 0.717) is 28.5 Å². The summed E-state index contributed by atoms with van der Waals surface area (Å²) in [4.78, 5) is 27.7. The van der Waals surface area contributed by atoms with Gasteiger partial charge in [0.05, 0.1) is 11.1 Å². The Morgan fingerprint density at radius 1 is 1.07 bits per heavy atom. The number of aromatic hydroxyl groups is 1. The highest BCUT2D eigenvalue weighted by Gasteiger charge is 2.13. The normalized spacial score (nSPS) is 10.8. The topological polar surface area (TPSA) is 143 Å². The predicted molar refractivity (Wildman–Crippen MR) is 105 cm³/mol. The third kappa shape index (κ3) is 3.92. The molecule has 4 rings (SSSR count). The van der Waals surface area contributed by atoms with E-state index in [2.05, 4.69) is 25.8 Å². The Morgan fingerprint density at radius 2 is 1.83 bits per heavy atom. The molecule has 0 aliphatic heterocycles. The number of carbonyl (C=O) groups is 2. The van der Waals surface area contributed by atoms with Gasteiger partial charge in [0, 0.05) is 29.1 Å². The summed E-state index contributed by atoms with van der Waals surface area (Å²) in [6.45, 7) is 0.112. The van der Waals surface area contributed by atoms with Crippen LogP contribution in [0.2, 0.25) is 0 Å². The van der Waals surface area contributed by atoms with Gasteiger partial charge in [-0.25, -0.2) is 9.48 Å². The van der Waals surface area contributed by atoms with Crippen LogP contribution in [0.15, 0.2) is 55.0 Å². The van der Waals surface area contributed by atoms with Crippen molar-refractivity contribution < 1.29 is 19.8 Å². The van der Waals surface area contributed by atoms with E-state index < -0.39 is 5.97 Å². The van der Waals surface area contributed by atoms with Crippen LogP contribution >= 0.6 is 0 Å². The first-order valence-electron chi connectivity index (χ1n) is 8.93. The van der Waals surface area contributed by atoms with Crippen LogP contribution in [0.5, 0.6) is 5.75 Å². The van der Waals surface area contributed by atoms with Gasteiger partial charge in [-0.1, -0.05) is 12.1 Å². The molecule has 0 saturated carbocycles. The van der Waals surface area contributed by atoms with E-state index in [4.69, 9.17) is 5.11 Å². The highest BCUT2D eigenvalue weighted by atomic mass is 16.4. The van der Waals surface area contributed by atoms with Crippen LogP contribution in [0.1, 0.15) is 31.8 Å². The van der Waals surface area contributed by atoms with Gasteiger partial charge in [0.2, 0.25) is 0 Å². The van der Waals surface area contributed by atoms with Crippen LogP contribution in [0, 0.1) is 0 Å². The van der Waals surface area contributed by atoms with Crippen LogP contribution in [-0.2, 0) is 13.1 Å².